The van der Waals surface area contributed by atoms with Gasteiger partial charge in [-0.1, -0.05) is 20.3 Å². The molecule has 118 valence electrons. The van der Waals surface area contributed by atoms with Crippen molar-refractivity contribution in [2.45, 2.75) is 46.5 Å². The lowest BCUT2D eigenvalue weighted by Gasteiger charge is -2.28. The Morgan fingerprint density at radius 2 is 2.00 bits per heavy atom. The van der Waals surface area contributed by atoms with Crippen LogP contribution in [0.4, 0.5) is 5.82 Å². The third-order valence-corrected chi connectivity index (χ3v) is 4.37. The van der Waals surface area contributed by atoms with Crippen LogP contribution in [0.3, 0.4) is 0 Å². The molecule has 0 aliphatic carbocycles. The largest absolute Gasteiger partial charge is 0.310 e. The molecule has 1 N–H and O–H groups in total. The summed E-state index contributed by atoms with van der Waals surface area (Å²) >= 11 is 0. The number of hydrogen-bond donors (Lipinski definition) is 1. The molecule has 1 amide bonds. The molecule has 5 heteroatoms. The van der Waals surface area contributed by atoms with Crippen LogP contribution in [0.5, 0.6) is 0 Å². The number of nitrogens with zero attached hydrogens (tertiary/aromatic N) is 3. The Morgan fingerprint density at radius 1 is 1.33 bits per heavy atom. The van der Waals surface area contributed by atoms with Gasteiger partial charge < -0.3 is 10.2 Å². The Bertz CT molecular complexity index is 489. The Balaban J connectivity index is 1.97. The van der Waals surface area contributed by atoms with E-state index in [-0.39, 0.29) is 11.8 Å². The van der Waals surface area contributed by atoms with Crippen LogP contribution in [0.15, 0.2) is 0 Å². The molecule has 1 aromatic rings. The number of carbonyl (C=O) groups excluding carboxylic acids is 1. The lowest BCUT2D eigenvalue weighted by molar-refractivity contribution is -0.120. The van der Waals surface area contributed by atoms with Crippen LogP contribution >= 0.6 is 0 Å². The van der Waals surface area contributed by atoms with E-state index in [1.54, 1.807) is 4.68 Å². The highest BCUT2D eigenvalue weighted by molar-refractivity contribution is 5.92. The highest BCUT2D eigenvalue weighted by Gasteiger charge is 2.21. The molecule has 0 aromatic carbocycles. The van der Waals surface area contributed by atoms with Crippen molar-refractivity contribution >= 4 is 11.7 Å². The number of piperidine rings is 1. The van der Waals surface area contributed by atoms with E-state index in [0.29, 0.717) is 0 Å². The van der Waals surface area contributed by atoms with E-state index in [1.165, 1.54) is 19.3 Å². The number of amides is 1. The Labute approximate surface area is 127 Å². The zero-order valence-electron chi connectivity index (χ0n) is 13.8. The van der Waals surface area contributed by atoms with Gasteiger partial charge in [0.2, 0.25) is 5.91 Å². The number of anilines is 1. The summed E-state index contributed by atoms with van der Waals surface area (Å²) in [4.78, 5) is 14.8. The Hall–Kier alpha value is -1.36. The van der Waals surface area contributed by atoms with E-state index < -0.39 is 0 Å². The first-order valence-electron chi connectivity index (χ1n) is 8.08. The number of aryl methyl sites for hydroxylation is 2. The van der Waals surface area contributed by atoms with Crippen molar-refractivity contribution in [1.29, 1.82) is 0 Å². The van der Waals surface area contributed by atoms with Crippen LogP contribution in [0.25, 0.3) is 0 Å². The average Bonchev–Trinajstić information content (AvgIpc) is 2.73. The van der Waals surface area contributed by atoms with E-state index in [2.05, 4.69) is 22.2 Å². The molecule has 21 heavy (non-hydrogen) atoms. The van der Waals surface area contributed by atoms with Crippen molar-refractivity contribution < 1.29 is 4.79 Å². The summed E-state index contributed by atoms with van der Waals surface area (Å²) in [6.07, 6.45) is 4.73. The summed E-state index contributed by atoms with van der Waals surface area (Å²) < 4.78 is 1.78. The summed E-state index contributed by atoms with van der Waals surface area (Å²) in [7, 11) is 1.89. The first-order valence-corrected chi connectivity index (χ1v) is 8.08. The maximum absolute atomic E-state index is 12.4. The van der Waals surface area contributed by atoms with Crippen molar-refractivity contribution in [3.05, 3.63) is 11.3 Å². The highest BCUT2D eigenvalue weighted by atomic mass is 16.2. The highest BCUT2D eigenvalue weighted by Crippen LogP contribution is 2.20. The van der Waals surface area contributed by atoms with Gasteiger partial charge in [0.15, 0.2) is 0 Å². The molecule has 1 unspecified atom stereocenters. The summed E-state index contributed by atoms with van der Waals surface area (Å²) in [5.74, 6) is 0.951. The fourth-order valence-corrected chi connectivity index (χ4v) is 3.13. The second-order valence-corrected chi connectivity index (χ2v) is 6.14. The van der Waals surface area contributed by atoms with Gasteiger partial charge in [-0.25, -0.2) is 0 Å². The van der Waals surface area contributed by atoms with Crippen LogP contribution in [0.2, 0.25) is 0 Å². The van der Waals surface area contributed by atoms with Crippen molar-refractivity contribution in [1.82, 2.24) is 14.7 Å². The van der Waals surface area contributed by atoms with E-state index in [1.807, 2.05) is 20.9 Å². The molecule has 1 saturated heterocycles. The van der Waals surface area contributed by atoms with Crippen molar-refractivity contribution in [3.8, 4) is 0 Å². The average molecular weight is 292 g/mol. The molecule has 5 nitrogen and oxygen atoms in total. The predicted octanol–water partition coefficient (Wildman–Crippen LogP) is 2.35. The van der Waals surface area contributed by atoms with Crippen LogP contribution in [0, 0.1) is 12.8 Å². The number of likely N-dealkylation sites (tertiary alicyclic amines) is 1. The molecule has 1 aromatic heterocycles. The summed E-state index contributed by atoms with van der Waals surface area (Å²) in [5.41, 5.74) is 2.13. The number of aromatic nitrogens is 2. The number of carbonyl (C=O) groups is 1. The minimum absolute atomic E-state index is 0.00279. The summed E-state index contributed by atoms with van der Waals surface area (Å²) in [6, 6.07) is 0. The SMILES string of the molecule is CCc1c(C)nn(C)c1NC(=O)C(C)CN1CCCCC1. The van der Waals surface area contributed by atoms with Gasteiger partial charge in [-0.2, -0.15) is 5.10 Å². The van der Waals surface area contributed by atoms with Crippen molar-refractivity contribution in [2.24, 2.45) is 13.0 Å². The summed E-state index contributed by atoms with van der Waals surface area (Å²) in [5, 5.41) is 7.48. The van der Waals surface area contributed by atoms with Crippen LogP contribution in [-0.4, -0.2) is 40.2 Å². The zero-order valence-corrected chi connectivity index (χ0v) is 13.8. The lowest BCUT2D eigenvalue weighted by atomic mass is 10.1. The predicted molar refractivity (Wildman–Crippen MR) is 85.4 cm³/mol. The van der Waals surface area contributed by atoms with E-state index >= 15 is 0 Å². The molecule has 1 atom stereocenters. The molecule has 2 rings (SSSR count). The molecule has 1 fully saturated rings. The molecule has 1 aliphatic rings. The second-order valence-electron chi connectivity index (χ2n) is 6.14. The van der Waals surface area contributed by atoms with Crippen LogP contribution in [0.1, 0.15) is 44.4 Å². The topological polar surface area (TPSA) is 50.2 Å². The van der Waals surface area contributed by atoms with Gasteiger partial charge in [0, 0.05) is 25.1 Å². The molecular weight excluding hydrogens is 264 g/mol. The van der Waals surface area contributed by atoms with Gasteiger partial charge in [-0.15, -0.1) is 0 Å². The molecule has 0 radical (unpaired) electrons. The van der Waals surface area contributed by atoms with E-state index in [0.717, 1.165) is 43.1 Å². The standard InChI is InChI=1S/C16H28N4O/c1-5-14-13(3)18-19(4)15(14)17-16(21)12(2)11-20-9-7-6-8-10-20/h12H,5-11H2,1-4H3,(H,17,21). The van der Waals surface area contributed by atoms with Crippen LogP contribution < -0.4 is 5.32 Å². The van der Waals surface area contributed by atoms with E-state index in [4.69, 9.17) is 0 Å². The van der Waals surface area contributed by atoms with Crippen molar-refractivity contribution in [2.75, 3.05) is 25.0 Å². The minimum Gasteiger partial charge on any atom is -0.310 e. The van der Waals surface area contributed by atoms with Gasteiger partial charge >= 0.3 is 0 Å². The minimum atomic E-state index is 0.00279. The number of nitrogens with one attached hydrogen (secondary N) is 1. The molecule has 0 saturated carbocycles. The fourth-order valence-electron chi connectivity index (χ4n) is 3.13. The third kappa shape index (κ3) is 3.84. The Morgan fingerprint density at radius 3 is 2.62 bits per heavy atom. The van der Waals surface area contributed by atoms with Gasteiger partial charge in [-0.05, 0) is 39.3 Å². The second kappa shape index (κ2) is 7.07. The smallest absolute Gasteiger partial charge is 0.229 e. The van der Waals surface area contributed by atoms with Gasteiger partial charge in [0.25, 0.3) is 0 Å². The third-order valence-electron chi connectivity index (χ3n) is 4.37. The fraction of sp³-hybridized carbons (Fsp3) is 0.750. The normalized spacial score (nSPS) is 17.7. The Kier molecular flexibility index (Phi) is 5.39. The molecule has 1 aliphatic heterocycles. The van der Waals surface area contributed by atoms with E-state index in [9.17, 15) is 4.79 Å². The molecule has 0 bridgehead atoms. The maximum atomic E-state index is 12.4. The quantitative estimate of drug-likeness (QED) is 0.906. The lowest BCUT2D eigenvalue weighted by Crippen LogP contribution is -2.37. The van der Waals surface area contributed by atoms with Gasteiger partial charge in [-0.3, -0.25) is 9.48 Å². The number of hydrogen-bond acceptors (Lipinski definition) is 3. The van der Waals surface area contributed by atoms with Crippen LogP contribution in [-0.2, 0) is 18.3 Å². The van der Waals surface area contributed by atoms with Gasteiger partial charge in [0.05, 0.1) is 5.69 Å². The monoisotopic (exact) mass is 292 g/mol. The zero-order chi connectivity index (χ0) is 15.4. The molecule has 2 heterocycles. The number of rotatable bonds is 5. The summed E-state index contributed by atoms with van der Waals surface area (Å²) in [6.45, 7) is 9.21. The maximum Gasteiger partial charge on any atom is 0.229 e. The van der Waals surface area contributed by atoms with Crippen molar-refractivity contribution in [3.63, 3.8) is 0 Å². The molecule has 0 spiro atoms. The first-order chi connectivity index (χ1) is 10.0. The first kappa shape index (κ1) is 16.0. The molecular formula is C16H28N4O. The van der Waals surface area contributed by atoms with Gasteiger partial charge in [0.1, 0.15) is 5.82 Å².